The maximum absolute atomic E-state index is 6.11. The summed E-state index contributed by atoms with van der Waals surface area (Å²) in [6, 6.07) is 10.4. The molecule has 0 aromatic heterocycles. The minimum atomic E-state index is -1.75. The highest BCUT2D eigenvalue weighted by atomic mass is 28.4. The molecular formula is C14H23O2Si. The van der Waals surface area contributed by atoms with E-state index in [1.54, 1.807) is 0 Å². The van der Waals surface area contributed by atoms with Crippen molar-refractivity contribution in [1.82, 2.24) is 0 Å². The van der Waals surface area contributed by atoms with E-state index in [4.69, 9.17) is 9.16 Å². The zero-order valence-electron chi connectivity index (χ0n) is 11.7. The van der Waals surface area contributed by atoms with Gasteiger partial charge in [-0.1, -0.05) is 32.9 Å². The Labute approximate surface area is 106 Å². The predicted molar refractivity (Wildman–Crippen MR) is 73.7 cm³/mol. The molecule has 1 radical (unpaired) electrons. The van der Waals surface area contributed by atoms with Gasteiger partial charge in [0.1, 0.15) is 5.75 Å². The lowest BCUT2D eigenvalue weighted by molar-refractivity contribution is 0.0105. The number of hydrogen-bond acceptors (Lipinski definition) is 2. The zero-order valence-corrected chi connectivity index (χ0v) is 12.7. The van der Waals surface area contributed by atoms with Gasteiger partial charge in [0.2, 0.25) is 0 Å². The molecule has 2 nitrogen and oxygen atoms in total. The van der Waals surface area contributed by atoms with E-state index in [9.17, 15) is 0 Å². The highest BCUT2D eigenvalue weighted by molar-refractivity contribution is 6.74. The molecule has 0 fully saturated rings. The summed E-state index contributed by atoms with van der Waals surface area (Å²) in [6.07, 6.45) is -0.210. The maximum Gasteiger partial charge on any atom is 0.196 e. The minimum Gasteiger partial charge on any atom is -0.466 e. The standard InChI is InChI=1S/C14H23O2Si/c1-12(15-13-10-8-7-9-11-13)16-17(5,6)14(2,3)4/h8-12H,1-6H3. The molecule has 0 N–H and O–H groups in total. The molecule has 95 valence electrons. The smallest absolute Gasteiger partial charge is 0.196 e. The summed E-state index contributed by atoms with van der Waals surface area (Å²) in [4.78, 5) is 0. The van der Waals surface area contributed by atoms with Crippen LogP contribution in [0, 0.1) is 6.07 Å². The molecule has 1 aromatic carbocycles. The van der Waals surface area contributed by atoms with Crippen molar-refractivity contribution in [1.29, 1.82) is 0 Å². The van der Waals surface area contributed by atoms with E-state index < -0.39 is 8.32 Å². The number of benzene rings is 1. The maximum atomic E-state index is 6.11. The molecular weight excluding hydrogens is 228 g/mol. The average molecular weight is 251 g/mol. The van der Waals surface area contributed by atoms with Crippen molar-refractivity contribution in [3.63, 3.8) is 0 Å². The van der Waals surface area contributed by atoms with Crippen LogP contribution < -0.4 is 4.74 Å². The van der Waals surface area contributed by atoms with E-state index in [1.165, 1.54) is 0 Å². The summed E-state index contributed by atoms with van der Waals surface area (Å²) in [5.41, 5.74) is 0. The van der Waals surface area contributed by atoms with Crippen LogP contribution in [-0.4, -0.2) is 14.6 Å². The van der Waals surface area contributed by atoms with Crippen molar-refractivity contribution < 1.29 is 9.16 Å². The fraction of sp³-hybridized carbons (Fsp3) is 0.571. The summed E-state index contributed by atoms with van der Waals surface area (Å²) in [5, 5.41) is 0.203. The lowest BCUT2D eigenvalue weighted by atomic mass is 10.2. The van der Waals surface area contributed by atoms with Gasteiger partial charge in [-0.3, -0.25) is 0 Å². The van der Waals surface area contributed by atoms with Crippen molar-refractivity contribution in [2.75, 3.05) is 0 Å². The fourth-order valence-corrected chi connectivity index (χ4v) is 2.49. The van der Waals surface area contributed by atoms with E-state index in [1.807, 2.05) is 31.2 Å². The minimum absolute atomic E-state index is 0.203. The summed E-state index contributed by atoms with van der Waals surface area (Å²) in [7, 11) is -1.75. The Bertz CT molecular complexity index is 341. The van der Waals surface area contributed by atoms with Crippen molar-refractivity contribution in [2.24, 2.45) is 0 Å². The molecule has 0 saturated heterocycles. The first-order chi connectivity index (χ1) is 7.72. The van der Waals surface area contributed by atoms with E-state index in [0.29, 0.717) is 0 Å². The van der Waals surface area contributed by atoms with Crippen molar-refractivity contribution in [2.45, 2.75) is 52.1 Å². The first-order valence-corrected chi connectivity index (χ1v) is 8.94. The van der Waals surface area contributed by atoms with Gasteiger partial charge >= 0.3 is 0 Å². The third-order valence-electron chi connectivity index (χ3n) is 3.26. The first-order valence-electron chi connectivity index (χ1n) is 6.03. The quantitative estimate of drug-likeness (QED) is 0.589. The monoisotopic (exact) mass is 251 g/mol. The normalized spacial score (nSPS) is 14.5. The summed E-state index contributed by atoms with van der Waals surface area (Å²) in [6.45, 7) is 13.1. The highest BCUT2D eigenvalue weighted by Gasteiger charge is 2.38. The van der Waals surface area contributed by atoms with Crippen LogP contribution in [0.5, 0.6) is 5.75 Å². The van der Waals surface area contributed by atoms with E-state index in [-0.39, 0.29) is 11.3 Å². The predicted octanol–water partition coefficient (Wildman–Crippen LogP) is 4.23. The van der Waals surface area contributed by atoms with Crippen LogP contribution in [0.3, 0.4) is 0 Å². The Kier molecular flexibility index (Phi) is 4.39. The zero-order chi connectivity index (χ0) is 13.1. The molecule has 1 unspecified atom stereocenters. The molecule has 0 amide bonds. The van der Waals surface area contributed by atoms with Crippen molar-refractivity contribution >= 4 is 8.32 Å². The SMILES string of the molecule is CC(Oc1cc[c]cc1)O[Si](C)(C)C(C)(C)C. The summed E-state index contributed by atoms with van der Waals surface area (Å²) >= 11 is 0. The summed E-state index contributed by atoms with van der Waals surface area (Å²) < 4.78 is 11.9. The van der Waals surface area contributed by atoms with Crippen LogP contribution in [0.25, 0.3) is 0 Å². The second kappa shape index (κ2) is 5.23. The first kappa shape index (κ1) is 14.3. The van der Waals surface area contributed by atoms with Gasteiger partial charge in [0.05, 0.1) is 0 Å². The second-order valence-electron chi connectivity index (χ2n) is 5.80. The molecule has 1 aromatic rings. The number of hydrogen-bond donors (Lipinski definition) is 0. The van der Waals surface area contributed by atoms with Crippen LogP contribution in [0.2, 0.25) is 18.1 Å². The average Bonchev–Trinajstić information content (AvgIpc) is 2.16. The molecule has 0 spiro atoms. The third kappa shape index (κ3) is 4.17. The van der Waals surface area contributed by atoms with Crippen LogP contribution in [-0.2, 0) is 4.43 Å². The second-order valence-corrected chi connectivity index (χ2v) is 10.6. The van der Waals surface area contributed by atoms with Gasteiger partial charge in [-0.25, -0.2) is 0 Å². The lowest BCUT2D eigenvalue weighted by Gasteiger charge is -2.38. The van der Waals surface area contributed by atoms with Gasteiger partial charge < -0.3 is 9.16 Å². The largest absolute Gasteiger partial charge is 0.466 e. The number of ether oxygens (including phenoxy) is 1. The molecule has 17 heavy (non-hydrogen) atoms. The van der Waals surface area contributed by atoms with Crippen molar-refractivity contribution in [3.05, 3.63) is 30.3 Å². The molecule has 3 heteroatoms. The van der Waals surface area contributed by atoms with E-state index in [2.05, 4.69) is 39.9 Å². The Balaban J connectivity index is 2.59. The lowest BCUT2D eigenvalue weighted by Crippen LogP contribution is -2.44. The van der Waals surface area contributed by atoms with Gasteiger partial charge in [0.15, 0.2) is 14.6 Å². The molecule has 0 aliphatic carbocycles. The van der Waals surface area contributed by atoms with Crippen molar-refractivity contribution in [3.8, 4) is 5.75 Å². The van der Waals surface area contributed by atoms with Gasteiger partial charge in [-0.05, 0) is 43.3 Å². The third-order valence-corrected chi connectivity index (χ3v) is 7.79. The van der Waals surface area contributed by atoms with Gasteiger partial charge in [0, 0.05) is 0 Å². The Morgan fingerprint density at radius 1 is 1.18 bits per heavy atom. The van der Waals surface area contributed by atoms with E-state index >= 15 is 0 Å². The van der Waals surface area contributed by atoms with E-state index in [0.717, 1.165) is 5.75 Å². The van der Waals surface area contributed by atoms with Gasteiger partial charge in [-0.2, -0.15) is 0 Å². The molecule has 0 heterocycles. The Morgan fingerprint density at radius 2 is 1.71 bits per heavy atom. The summed E-state index contributed by atoms with van der Waals surface area (Å²) in [5.74, 6) is 0.829. The van der Waals surface area contributed by atoms with Crippen LogP contribution in [0.4, 0.5) is 0 Å². The number of rotatable bonds is 4. The Hall–Kier alpha value is -0.803. The Morgan fingerprint density at radius 3 is 2.18 bits per heavy atom. The van der Waals surface area contributed by atoms with Crippen LogP contribution >= 0.6 is 0 Å². The molecule has 1 atom stereocenters. The molecule has 0 aliphatic heterocycles. The van der Waals surface area contributed by atoms with Gasteiger partial charge in [-0.15, -0.1) is 0 Å². The molecule has 0 bridgehead atoms. The molecule has 0 aliphatic rings. The topological polar surface area (TPSA) is 18.5 Å². The molecule has 1 rings (SSSR count). The van der Waals surface area contributed by atoms with Gasteiger partial charge in [0.25, 0.3) is 0 Å². The highest BCUT2D eigenvalue weighted by Crippen LogP contribution is 2.37. The van der Waals surface area contributed by atoms with Crippen LogP contribution in [0.1, 0.15) is 27.7 Å². The van der Waals surface area contributed by atoms with Crippen LogP contribution in [0.15, 0.2) is 24.3 Å². The molecule has 0 saturated carbocycles. The fourth-order valence-electron chi connectivity index (χ4n) is 1.26.